The van der Waals surface area contributed by atoms with Crippen LogP contribution in [-0.4, -0.2) is 34.9 Å². The largest absolute Gasteiger partial charge is 0.455 e. The zero-order valence-electron chi connectivity index (χ0n) is 16.5. The van der Waals surface area contributed by atoms with E-state index < -0.39 is 5.41 Å². The van der Waals surface area contributed by atoms with Crippen LogP contribution in [0.2, 0.25) is 0 Å². The Hall–Kier alpha value is -2.01. The summed E-state index contributed by atoms with van der Waals surface area (Å²) in [6.45, 7) is 0.303. The summed E-state index contributed by atoms with van der Waals surface area (Å²) in [7, 11) is 0. The Kier molecular flexibility index (Phi) is 4.61. The highest BCUT2D eigenvalue weighted by Gasteiger charge is 2.60. The van der Waals surface area contributed by atoms with Crippen LogP contribution < -0.4 is 5.32 Å². The number of H-pyrrole nitrogens is 1. The van der Waals surface area contributed by atoms with Crippen molar-refractivity contribution in [1.82, 2.24) is 10.3 Å². The maximum Gasteiger partial charge on any atom is 0.312 e. The van der Waals surface area contributed by atoms with Gasteiger partial charge >= 0.3 is 5.97 Å². The van der Waals surface area contributed by atoms with Crippen molar-refractivity contribution in [2.75, 3.05) is 13.2 Å². The van der Waals surface area contributed by atoms with Crippen LogP contribution in [0, 0.1) is 17.3 Å². The van der Waals surface area contributed by atoms with E-state index in [4.69, 9.17) is 16.3 Å². The van der Waals surface area contributed by atoms with Gasteiger partial charge in [-0.3, -0.25) is 9.59 Å². The minimum atomic E-state index is -0.462. The number of esters is 1. The number of carbonyl (C=O) groups is 2. The Bertz CT molecular complexity index is 939. The number of halogens is 1. The number of rotatable bonds is 6. The highest BCUT2D eigenvalue weighted by Crippen LogP contribution is 2.64. The minimum Gasteiger partial charge on any atom is -0.455 e. The molecule has 5 nitrogen and oxygen atoms in total. The lowest BCUT2D eigenvalue weighted by molar-refractivity contribution is -0.171. The van der Waals surface area contributed by atoms with Gasteiger partial charge < -0.3 is 15.0 Å². The van der Waals surface area contributed by atoms with Gasteiger partial charge in [-0.2, -0.15) is 0 Å². The molecule has 4 bridgehead atoms. The van der Waals surface area contributed by atoms with Crippen molar-refractivity contribution in [3.8, 4) is 0 Å². The van der Waals surface area contributed by atoms with Crippen LogP contribution in [0.4, 0.5) is 0 Å². The summed E-state index contributed by atoms with van der Waals surface area (Å²) in [5.41, 5.74) is 1.80. The molecule has 2 N–H and O–H groups in total. The van der Waals surface area contributed by atoms with Gasteiger partial charge in [0.1, 0.15) is 0 Å². The van der Waals surface area contributed by atoms with Gasteiger partial charge in [-0.25, -0.2) is 0 Å². The highest BCUT2D eigenvalue weighted by atomic mass is 35.5. The molecule has 6 rings (SSSR count). The average Bonchev–Trinajstić information content (AvgIpc) is 3.07. The second kappa shape index (κ2) is 7.05. The number of amides is 1. The van der Waals surface area contributed by atoms with Crippen molar-refractivity contribution < 1.29 is 14.3 Å². The molecule has 4 aliphatic rings. The molecule has 6 heteroatoms. The lowest BCUT2D eigenvalue weighted by atomic mass is 9.49. The number of para-hydroxylation sites is 1. The van der Waals surface area contributed by atoms with Gasteiger partial charge in [0.2, 0.25) is 0 Å². The quantitative estimate of drug-likeness (QED) is 0.555. The van der Waals surface area contributed by atoms with E-state index in [1.807, 2.05) is 24.4 Å². The van der Waals surface area contributed by atoms with Gasteiger partial charge in [0, 0.05) is 28.5 Å². The molecule has 2 unspecified atom stereocenters. The van der Waals surface area contributed by atoms with E-state index in [1.165, 1.54) is 17.4 Å². The minimum absolute atomic E-state index is 0.209. The Morgan fingerprint density at radius 2 is 1.93 bits per heavy atom. The third-order valence-electron chi connectivity index (χ3n) is 7.15. The molecule has 29 heavy (non-hydrogen) atoms. The maximum atomic E-state index is 12.9. The molecule has 1 amide bonds. The zero-order chi connectivity index (χ0) is 20.1. The molecule has 4 saturated carbocycles. The van der Waals surface area contributed by atoms with Crippen molar-refractivity contribution in [1.29, 1.82) is 0 Å². The van der Waals surface area contributed by atoms with E-state index in [1.54, 1.807) is 0 Å². The summed E-state index contributed by atoms with van der Waals surface area (Å²) in [5.74, 6) is 0.601. The molecule has 0 saturated heterocycles. The molecular weight excluding hydrogens is 388 g/mol. The highest BCUT2D eigenvalue weighted by molar-refractivity contribution is 6.24. The molecule has 4 atom stereocenters. The van der Waals surface area contributed by atoms with Crippen molar-refractivity contribution in [2.45, 2.75) is 49.8 Å². The fourth-order valence-corrected chi connectivity index (χ4v) is 7.09. The number of alkyl halides is 1. The smallest absolute Gasteiger partial charge is 0.312 e. The van der Waals surface area contributed by atoms with Crippen LogP contribution in [0.15, 0.2) is 30.5 Å². The molecule has 154 valence electrons. The Morgan fingerprint density at radius 1 is 1.17 bits per heavy atom. The molecule has 0 aliphatic heterocycles. The first-order valence-electron chi connectivity index (χ1n) is 10.6. The molecule has 0 radical (unpaired) electrons. The predicted octanol–water partition coefficient (Wildman–Crippen LogP) is 3.95. The number of hydrogen-bond donors (Lipinski definition) is 2. The molecule has 1 heterocycles. The number of aromatic amines is 1. The number of hydrogen-bond acceptors (Lipinski definition) is 3. The summed E-state index contributed by atoms with van der Waals surface area (Å²) < 4.78 is 5.48. The summed E-state index contributed by atoms with van der Waals surface area (Å²) in [6.07, 6.45) is 8.39. The van der Waals surface area contributed by atoms with Crippen LogP contribution in [0.3, 0.4) is 0 Å². The summed E-state index contributed by atoms with van der Waals surface area (Å²) in [6, 6.07) is 8.11. The molecule has 4 fully saturated rings. The van der Waals surface area contributed by atoms with Gasteiger partial charge in [0.15, 0.2) is 6.61 Å². The van der Waals surface area contributed by atoms with Crippen LogP contribution in [0.25, 0.3) is 10.9 Å². The first-order chi connectivity index (χ1) is 13.9. The number of ether oxygens (including phenoxy) is 1. The zero-order valence-corrected chi connectivity index (χ0v) is 17.3. The van der Waals surface area contributed by atoms with E-state index in [-0.39, 0.29) is 23.4 Å². The summed E-state index contributed by atoms with van der Waals surface area (Å²) in [5, 5.41) is 4.04. The van der Waals surface area contributed by atoms with Crippen LogP contribution in [0.1, 0.15) is 44.1 Å². The number of fused-ring (bicyclic) bond motifs is 1. The summed E-state index contributed by atoms with van der Waals surface area (Å²) >= 11 is 6.80. The number of benzene rings is 1. The SMILES string of the molecule is O=C(COC(=O)C12C[C@@H]3C[C@@H](CC(Cl)(C3)C1)C2)NCCc1c[nH]c2ccccc12. The number of carbonyl (C=O) groups excluding carboxylic acids is 2. The van der Waals surface area contributed by atoms with E-state index in [9.17, 15) is 9.59 Å². The Balaban J connectivity index is 1.12. The average molecular weight is 415 g/mol. The van der Waals surface area contributed by atoms with Crippen molar-refractivity contribution >= 4 is 34.4 Å². The van der Waals surface area contributed by atoms with Gasteiger partial charge in [-0.05, 0) is 68.4 Å². The van der Waals surface area contributed by atoms with E-state index in [0.29, 0.717) is 24.8 Å². The first-order valence-corrected chi connectivity index (χ1v) is 11.0. The lowest BCUT2D eigenvalue weighted by Gasteiger charge is -2.58. The van der Waals surface area contributed by atoms with Gasteiger partial charge in [-0.1, -0.05) is 18.2 Å². The second-order valence-corrected chi connectivity index (χ2v) is 10.2. The van der Waals surface area contributed by atoms with Gasteiger partial charge in [0.05, 0.1) is 5.41 Å². The van der Waals surface area contributed by atoms with E-state index in [0.717, 1.165) is 37.6 Å². The van der Waals surface area contributed by atoms with Gasteiger partial charge in [-0.15, -0.1) is 11.6 Å². The second-order valence-electron chi connectivity index (χ2n) is 9.43. The molecule has 4 aliphatic carbocycles. The number of nitrogens with one attached hydrogen (secondary N) is 2. The maximum absolute atomic E-state index is 12.9. The van der Waals surface area contributed by atoms with Crippen LogP contribution >= 0.6 is 11.6 Å². The van der Waals surface area contributed by atoms with E-state index >= 15 is 0 Å². The van der Waals surface area contributed by atoms with Gasteiger partial charge in [0.25, 0.3) is 5.91 Å². The van der Waals surface area contributed by atoms with Crippen molar-refractivity contribution in [3.05, 3.63) is 36.0 Å². The van der Waals surface area contributed by atoms with Crippen LogP contribution in [0.5, 0.6) is 0 Å². The standard InChI is InChI=1S/C23H27ClN2O3/c24-23-10-15-7-16(11-23)9-22(8-15,14-23)21(28)29-13-20(27)25-6-5-17-12-26-19-4-2-1-3-18(17)19/h1-4,12,15-16,26H,5-11,13-14H2,(H,25,27)/t15-,16+,22?,23?. The Labute approximate surface area is 175 Å². The Morgan fingerprint density at radius 3 is 2.69 bits per heavy atom. The molecular formula is C23H27ClN2O3. The first kappa shape index (κ1) is 19.0. The third kappa shape index (κ3) is 3.54. The normalized spacial score (nSPS) is 32.4. The van der Waals surface area contributed by atoms with Crippen molar-refractivity contribution in [3.63, 3.8) is 0 Å². The number of aromatic nitrogens is 1. The van der Waals surface area contributed by atoms with E-state index in [2.05, 4.69) is 16.4 Å². The fraction of sp³-hybridized carbons (Fsp3) is 0.565. The van der Waals surface area contributed by atoms with Crippen LogP contribution in [-0.2, 0) is 20.7 Å². The van der Waals surface area contributed by atoms with Crippen molar-refractivity contribution in [2.24, 2.45) is 17.3 Å². The topological polar surface area (TPSA) is 71.2 Å². The fourth-order valence-electron chi connectivity index (χ4n) is 6.40. The third-order valence-corrected chi connectivity index (χ3v) is 7.59. The molecule has 1 aromatic heterocycles. The molecule has 0 spiro atoms. The lowest BCUT2D eigenvalue weighted by Crippen LogP contribution is -2.56. The predicted molar refractivity (Wildman–Crippen MR) is 112 cm³/mol. The molecule has 1 aromatic carbocycles. The monoisotopic (exact) mass is 414 g/mol. The molecule has 2 aromatic rings. The summed E-state index contributed by atoms with van der Waals surface area (Å²) in [4.78, 5) is 28.1.